The minimum atomic E-state index is -1.28. The monoisotopic (exact) mass is 343 g/mol. The van der Waals surface area contributed by atoms with E-state index >= 15 is 0 Å². The highest BCUT2D eigenvalue weighted by molar-refractivity contribution is 5.94. The van der Waals surface area contributed by atoms with Crippen LogP contribution in [0.5, 0.6) is 5.75 Å². The topological polar surface area (TPSA) is 113 Å². The molecule has 7 heteroatoms. The molecule has 2 rings (SSSR count). The van der Waals surface area contributed by atoms with Crippen molar-refractivity contribution in [1.82, 2.24) is 5.32 Å². The number of carboxylic acid groups (broad SMARTS) is 2. The SMILES string of the molecule is O=C(COc1cc(C(=O)O)cc(C(=O)O)c1)NCCc1ccccc1. The third kappa shape index (κ3) is 5.65. The summed E-state index contributed by atoms with van der Waals surface area (Å²) in [5, 5.41) is 20.7. The highest BCUT2D eigenvalue weighted by atomic mass is 16.5. The summed E-state index contributed by atoms with van der Waals surface area (Å²) < 4.78 is 5.21. The fraction of sp³-hybridized carbons (Fsp3) is 0.167. The molecule has 25 heavy (non-hydrogen) atoms. The summed E-state index contributed by atoms with van der Waals surface area (Å²) in [6.07, 6.45) is 0.671. The van der Waals surface area contributed by atoms with Gasteiger partial charge >= 0.3 is 11.9 Å². The number of amides is 1. The minimum absolute atomic E-state index is 0.00973. The lowest BCUT2D eigenvalue weighted by molar-refractivity contribution is -0.123. The Balaban J connectivity index is 1.88. The fourth-order valence-corrected chi connectivity index (χ4v) is 2.12. The van der Waals surface area contributed by atoms with Crippen molar-refractivity contribution in [3.05, 3.63) is 65.2 Å². The van der Waals surface area contributed by atoms with Crippen LogP contribution in [-0.4, -0.2) is 41.2 Å². The Morgan fingerprint density at radius 3 is 2.08 bits per heavy atom. The Labute approximate surface area is 143 Å². The van der Waals surface area contributed by atoms with Gasteiger partial charge in [-0.05, 0) is 30.2 Å². The second-order valence-electron chi connectivity index (χ2n) is 5.23. The third-order valence-corrected chi connectivity index (χ3v) is 3.35. The van der Waals surface area contributed by atoms with Gasteiger partial charge in [-0.1, -0.05) is 30.3 Å². The number of carboxylic acids is 2. The van der Waals surface area contributed by atoms with Crippen LogP contribution in [0.2, 0.25) is 0 Å². The highest BCUT2D eigenvalue weighted by Crippen LogP contribution is 2.17. The summed E-state index contributed by atoms with van der Waals surface area (Å²) in [4.78, 5) is 33.8. The summed E-state index contributed by atoms with van der Waals surface area (Å²) in [5.41, 5.74) is 0.641. The molecule has 0 aromatic heterocycles. The van der Waals surface area contributed by atoms with Gasteiger partial charge in [0.25, 0.3) is 5.91 Å². The highest BCUT2D eigenvalue weighted by Gasteiger charge is 2.13. The van der Waals surface area contributed by atoms with E-state index in [4.69, 9.17) is 14.9 Å². The second kappa shape index (κ2) is 8.49. The van der Waals surface area contributed by atoms with Crippen LogP contribution >= 0.6 is 0 Å². The van der Waals surface area contributed by atoms with Crippen molar-refractivity contribution in [3.63, 3.8) is 0 Å². The van der Waals surface area contributed by atoms with Gasteiger partial charge in [0.15, 0.2) is 6.61 Å². The first-order chi connectivity index (χ1) is 12.0. The lowest BCUT2D eigenvalue weighted by Crippen LogP contribution is -2.30. The maximum absolute atomic E-state index is 11.8. The van der Waals surface area contributed by atoms with Crippen molar-refractivity contribution >= 4 is 17.8 Å². The van der Waals surface area contributed by atoms with Crippen LogP contribution in [-0.2, 0) is 11.2 Å². The van der Waals surface area contributed by atoms with E-state index in [9.17, 15) is 14.4 Å². The standard InChI is InChI=1S/C18H17NO6/c20-16(19-7-6-12-4-2-1-3-5-12)11-25-15-9-13(17(21)22)8-14(10-15)18(23)24/h1-5,8-10H,6-7,11H2,(H,19,20)(H,21,22)(H,23,24). The predicted octanol–water partition coefficient (Wildman–Crippen LogP) is 1.82. The summed E-state index contributed by atoms with van der Waals surface area (Å²) in [7, 11) is 0. The van der Waals surface area contributed by atoms with Crippen molar-refractivity contribution in [2.24, 2.45) is 0 Å². The Kier molecular flexibility index (Phi) is 6.11. The Morgan fingerprint density at radius 1 is 0.920 bits per heavy atom. The van der Waals surface area contributed by atoms with Gasteiger partial charge in [0, 0.05) is 6.54 Å². The molecule has 0 aliphatic carbocycles. The lowest BCUT2D eigenvalue weighted by atomic mass is 10.1. The van der Waals surface area contributed by atoms with Crippen LogP contribution in [0, 0.1) is 0 Å². The molecule has 3 N–H and O–H groups in total. The molecule has 130 valence electrons. The summed E-state index contributed by atoms with van der Waals surface area (Å²) >= 11 is 0. The molecule has 0 bridgehead atoms. The Morgan fingerprint density at radius 2 is 1.52 bits per heavy atom. The second-order valence-corrected chi connectivity index (χ2v) is 5.23. The quantitative estimate of drug-likeness (QED) is 0.674. The predicted molar refractivity (Wildman–Crippen MR) is 89.0 cm³/mol. The zero-order valence-corrected chi connectivity index (χ0v) is 13.3. The van der Waals surface area contributed by atoms with Crippen LogP contribution in [0.4, 0.5) is 0 Å². The van der Waals surface area contributed by atoms with Crippen molar-refractivity contribution in [3.8, 4) is 5.75 Å². The number of ether oxygens (including phenoxy) is 1. The van der Waals surface area contributed by atoms with Crippen molar-refractivity contribution in [2.75, 3.05) is 13.2 Å². The molecule has 0 aliphatic rings. The lowest BCUT2D eigenvalue weighted by Gasteiger charge is -2.09. The van der Waals surface area contributed by atoms with E-state index in [1.807, 2.05) is 30.3 Å². The first kappa shape index (κ1) is 18.0. The van der Waals surface area contributed by atoms with Gasteiger partial charge in [-0.25, -0.2) is 9.59 Å². The van der Waals surface area contributed by atoms with Gasteiger partial charge in [-0.2, -0.15) is 0 Å². The molecular weight excluding hydrogens is 326 g/mol. The molecule has 0 heterocycles. The molecule has 0 spiro atoms. The van der Waals surface area contributed by atoms with Crippen molar-refractivity contribution in [1.29, 1.82) is 0 Å². The van der Waals surface area contributed by atoms with Gasteiger partial charge in [0.2, 0.25) is 0 Å². The van der Waals surface area contributed by atoms with Crippen LogP contribution in [0.15, 0.2) is 48.5 Å². The number of carbonyl (C=O) groups excluding carboxylic acids is 1. The first-order valence-corrected chi connectivity index (χ1v) is 7.51. The molecule has 2 aromatic rings. The van der Waals surface area contributed by atoms with Gasteiger partial charge in [0.1, 0.15) is 5.75 Å². The van der Waals surface area contributed by atoms with Gasteiger partial charge in [-0.15, -0.1) is 0 Å². The van der Waals surface area contributed by atoms with Crippen LogP contribution < -0.4 is 10.1 Å². The van der Waals surface area contributed by atoms with Gasteiger partial charge < -0.3 is 20.3 Å². The molecule has 0 aliphatic heterocycles. The maximum atomic E-state index is 11.8. The zero-order valence-electron chi connectivity index (χ0n) is 13.3. The number of rotatable bonds is 8. The van der Waals surface area contributed by atoms with Gasteiger partial charge in [0.05, 0.1) is 11.1 Å². The zero-order chi connectivity index (χ0) is 18.2. The van der Waals surface area contributed by atoms with E-state index in [2.05, 4.69) is 5.32 Å². The number of benzene rings is 2. The summed E-state index contributed by atoms with van der Waals surface area (Å²) in [6.45, 7) is 0.0959. The van der Waals surface area contributed by atoms with Gasteiger partial charge in [-0.3, -0.25) is 4.79 Å². The Hall–Kier alpha value is -3.35. The van der Waals surface area contributed by atoms with E-state index in [1.165, 1.54) is 12.1 Å². The van der Waals surface area contributed by atoms with E-state index in [1.54, 1.807) is 0 Å². The molecule has 0 atom stereocenters. The number of hydrogen-bond donors (Lipinski definition) is 3. The molecule has 0 unspecified atom stereocenters. The van der Waals surface area contributed by atoms with Crippen LogP contribution in [0.1, 0.15) is 26.3 Å². The number of aromatic carboxylic acids is 2. The molecule has 0 saturated carbocycles. The molecule has 7 nitrogen and oxygen atoms in total. The van der Waals surface area contributed by atoms with E-state index in [-0.39, 0.29) is 29.4 Å². The molecule has 0 radical (unpaired) electrons. The molecule has 0 saturated heterocycles. The molecule has 0 fully saturated rings. The largest absolute Gasteiger partial charge is 0.484 e. The normalized spacial score (nSPS) is 10.1. The molecule has 1 amide bonds. The van der Waals surface area contributed by atoms with Crippen molar-refractivity contribution < 1.29 is 29.3 Å². The van der Waals surface area contributed by atoms with Crippen LogP contribution in [0.3, 0.4) is 0 Å². The van der Waals surface area contributed by atoms with E-state index < -0.39 is 11.9 Å². The Bertz CT molecular complexity index is 740. The number of carbonyl (C=O) groups is 3. The average molecular weight is 343 g/mol. The number of nitrogens with one attached hydrogen (secondary N) is 1. The maximum Gasteiger partial charge on any atom is 0.335 e. The molecular formula is C18H17NO6. The smallest absolute Gasteiger partial charge is 0.335 e. The third-order valence-electron chi connectivity index (χ3n) is 3.35. The van der Waals surface area contributed by atoms with Crippen LogP contribution in [0.25, 0.3) is 0 Å². The first-order valence-electron chi connectivity index (χ1n) is 7.51. The minimum Gasteiger partial charge on any atom is -0.484 e. The van der Waals surface area contributed by atoms with E-state index in [0.29, 0.717) is 13.0 Å². The number of hydrogen-bond acceptors (Lipinski definition) is 4. The van der Waals surface area contributed by atoms with E-state index in [0.717, 1.165) is 11.6 Å². The summed E-state index contributed by atoms with van der Waals surface area (Å²) in [6, 6.07) is 13.0. The summed E-state index contributed by atoms with van der Waals surface area (Å²) in [5.74, 6) is -2.93. The fourth-order valence-electron chi connectivity index (χ4n) is 2.12. The average Bonchev–Trinajstić information content (AvgIpc) is 2.60. The molecule has 2 aromatic carbocycles. The van der Waals surface area contributed by atoms with Crippen molar-refractivity contribution in [2.45, 2.75) is 6.42 Å².